The van der Waals surface area contributed by atoms with Crippen LogP contribution in [-0.2, 0) is 9.59 Å². The monoisotopic (exact) mass is 195 g/mol. The van der Waals surface area contributed by atoms with E-state index in [1.54, 1.807) is 0 Å². The summed E-state index contributed by atoms with van der Waals surface area (Å²) in [4.78, 5) is 21.7. The normalized spacial score (nSPS) is 19.9. The highest BCUT2D eigenvalue weighted by molar-refractivity contribution is 8.67. The van der Waals surface area contributed by atoms with Crippen LogP contribution in [0.25, 0.3) is 0 Å². The maximum absolute atomic E-state index is 10.9. The van der Waals surface area contributed by atoms with Gasteiger partial charge in [0.2, 0.25) is 11.8 Å². The molecule has 1 saturated heterocycles. The van der Waals surface area contributed by atoms with Crippen molar-refractivity contribution in [1.29, 1.82) is 0 Å². The Kier molecular flexibility index (Phi) is 2.94. The van der Waals surface area contributed by atoms with E-state index in [1.165, 1.54) is 11.8 Å². The third-order valence-electron chi connectivity index (χ3n) is 0.986. The second kappa shape index (κ2) is 3.54. The van der Waals surface area contributed by atoms with Crippen molar-refractivity contribution in [2.75, 3.05) is 11.5 Å². The summed E-state index contributed by atoms with van der Waals surface area (Å²) in [7, 11) is 0.877. The number of thiol groups is 1. The van der Waals surface area contributed by atoms with E-state index >= 15 is 0 Å². The molecule has 1 aliphatic heterocycles. The molecule has 1 rings (SSSR count). The molecule has 2 amide bonds. The quantitative estimate of drug-likeness (QED) is 0.287. The third-order valence-corrected chi connectivity index (χ3v) is 2.95. The smallest absolute Gasteiger partial charge is 0.250 e. The van der Waals surface area contributed by atoms with E-state index in [0.29, 0.717) is 11.5 Å². The van der Waals surface area contributed by atoms with Crippen LogP contribution < -0.4 is 0 Å². The van der Waals surface area contributed by atoms with Gasteiger partial charge in [-0.1, -0.05) is 11.7 Å². The average molecular weight is 195 g/mol. The fourth-order valence-corrected chi connectivity index (χ4v) is 2.30. The van der Waals surface area contributed by atoms with Crippen LogP contribution in [0, 0.1) is 0 Å². The van der Waals surface area contributed by atoms with Crippen molar-refractivity contribution in [3.63, 3.8) is 0 Å². The van der Waals surface area contributed by atoms with Crippen molar-refractivity contribution >= 4 is 46.2 Å². The van der Waals surface area contributed by atoms with E-state index in [1.807, 2.05) is 0 Å². The first-order valence-electron chi connectivity index (χ1n) is 2.51. The lowest BCUT2D eigenvalue weighted by atomic mass is 10.6. The molecule has 0 aromatic heterocycles. The van der Waals surface area contributed by atoms with E-state index in [2.05, 4.69) is 11.7 Å². The Morgan fingerprint density at radius 1 is 1.40 bits per heavy atom. The van der Waals surface area contributed by atoms with Crippen LogP contribution in [-0.4, -0.2) is 27.6 Å². The van der Waals surface area contributed by atoms with Gasteiger partial charge in [-0.2, -0.15) is 0 Å². The highest BCUT2D eigenvalue weighted by Crippen LogP contribution is 2.21. The summed E-state index contributed by atoms with van der Waals surface area (Å²) >= 11 is 5.12. The first kappa shape index (κ1) is 8.29. The molecule has 0 aromatic carbocycles. The molecule has 3 nitrogen and oxygen atoms in total. The molecule has 0 spiro atoms. The Morgan fingerprint density at radius 2 is 1.90 bits per heavy atom. The van der Waals surface area contributed by atoms with Crippen LogP contribution in [0.4, 0.5) is 0 Å². The summed E-state index contributed by atoms with van der Waals surface area (Å²) in [6.45, 7) is 0. The van der Waals surface area contributed by atoms with Crippen molar-refractivity contribution in [2.45, 2.75) is 0 Å². The second-order valence-corrected chi connectivity index (χ2v) is 3.66. The molecule has 0 bridgehead atoms. The topological polar surface area (TPSA) is 37.4 Å². The van der Waals surface area contributed by atoms with Crippen LogP contribution in [0.15, 0.2) is 0 Å². The molecule has 0 radical (unpaired) electrons. The molecule has 1 fully saturated rings. The Bertz CT molecular complexity index is 156. The number of rotatable bonds is 1. The summed E-state index contributed by atoms with van der Waals surface area (Å²) < 4.78 is 1.08. The number of thioether (sulfide) groups is 1. The Labute approximate surface area is 71.8 Å². The lowest BCUT2D eigenvalue weighted by Crippen LogP contribution is -2.36. The SMILES string of the molecule is O=C1CSCC(=O)N1SS. The standard InChI is InChI=1S/C4H5NO2S3/c6-3-1-9-2-4(7)5(3)10-8/h8H,1-2H2. The van der Waals surface area contributed by atoms with E-state index in [-0.39, 0.29) is 11.8 Å². The van der Waals surface area contributed by atoms with E-state index < -0.39 is 0 Å². The molecule has 0 aliphatic carbocycles. The number of hydrogen-bond acceptors (Lipinski definition) is 5. The number of hydrogen-bond donors (Lipinski definition) is 1. The van der Waals surface area contributed by atoms with Crippen LogP contribution >= 0.6 is 34.4 Å². The zero-order valence-electron chi connectivity index (χ0n) is 4.94. The molecule has 0 unspecified atom stereocenters. The van der Waals surface area contributed by atoms with Crippen molar-refractivity contribution < 1.29 is 9.59 Å². The summed E-state index contributed by atoms with van der Waals surface area (Å²) in [5, 5.41) is 0. The van der Waals surface area contributed by atoms with Crippen molar-refractivity contribution in [3.05, 3.63) is 0 Å². The van der Waals surface area contributed by atoms with Crippen molar-refractivity contribution in [3.8, 4) is 0 Å². The van der Waals surface area contributed by atoms with E-state index in [0.717, 1.165) is 15.3 Å². The van der Waals surface area contributed by atoms with E-state index in [9.17, 15) is 9.59 Å². The number of imide groups is 1. The largest absolute Gasteiger partial charge is 0.272 e. The Balaban J connectivity index is 2.62. The maximum Gasteiger partial charge on any atom is 0.250 e. The minimum Gasteiger partial charge on any atom is -0.272 e. The lowest BCUT2D eigenvalue weighted by molar-refractivity contribution is -0.135. The molecular weight excluding hydrogens is 190 g/mol. The molecule has 1 heterocycles. The Hall–Kier alpha value is 0.190. The van der Waals surface area contributed by atoms with Gasteiger partial charge in [-0.05, 0) is 0 Å². The predicted octanol–water partition coefficient (Wildman–Crippen LogP) is 0.581. The fourth-order valence-electron chi connectivity index (χ4n) is 0.573. The predicted molar refractivity (Wildman–Crippen MR) is 45.8 cm³/mol. The zero-order chi connectivity index (χ0) is 7.56. The number of carbonyl (C=O) groups is 2. The minimum absolute atomic E-state index is 0.166. The second-order valence-electron chi connectivity index (χ2n) is 1.66. The molecular formula is C4H5NO2S3. The van der Waals surface area contributed by atoms with Gasteiger partial charge in [-0.15, -0.1) is 11.8 Å². The van der Waals surface area contributed by atoms with Crippen LogP contribution in [0.5, 0.6) is 0 Å². The van der Waals surface area contributed by atoms with Gasteiger partial charge in [-0.3, -0.25) is 9.59 Å². The average Bonchev–Trinajstić information content (AvgIpc) is 1.88. The van der Waals surface area contributed by atoms with Crippen LogP contribution in [0.1, 0.15) is 0 Å². The molecule has 1 aliphatic rings. The summed E-state index contributed by atoms with van der Waals surface area (Å²) in [5.41, 5.74) is 0. The van der Waals surface area contributed by atoms with Crippen molar-refractivity contribution in [1.82, 2.24) is 4.31 Å². The van der Waals surface area contributed by atoms with Crippen molar-refractivity contribution in [2.24, 2.45) is 0 Å². The van der Waals surface area contributed by atoms with Gasteiger partial charge in [0, 0.05) is 11.0 Å². The van der Waals surface area contributed by atoms with Gasteiger partial charge in [0.15, 0.2) is 0 Å². The molecule has 0 atom stereocenters. The molecule has 56 valence electrons. The summed E-state index contributed by atoms with van der Waals surface area (Å²) in [6.07, 6.45) is 0. The van der Waals surface area contributed by atoms with E-state index in [4.69, 9.17) is 0 Å². The Morgan fingerprint density at radius 3 is 2.20 bits per heavy atom. The van der Waals surface area contributed by atoms with Gasteiger partial charge in [-0.25, -0.2) is 4.31 Å². The number of nitrogens with zero attached hydrogens (tertiary/aromatic N) is 1. The molecule has 0 N–H and O–H groups in total. The third kappa shape index (κ3) is 1.62. The van der Waals surface area contributed by atoms with Gasteiger partial charge < -0.3 is 0 Å². The van der Waals surface area contributed by atoms with Gasteiger partial charge in [0.25, 0.3) is 0 Å². The molecule has 10 heavy (non-hydrogen) atoms. The number of carbonyl (C=O) groups excluding carboxylic acids is 2. The number of amides is 2. The first-order chi connectivity index (χ1) is 4.75. The zero-order valence-corrected chi connectivity index (χ0v) is 7.47. The lowest BCUT2D eigenvalue weighted by Gasteiger charge is -2.19. The van der Waals surface area contributed by atoms with Gasteiger partial charge in [0.05, 0.1) is 11.5 Å². The van der Waals surface area contributed by atoms with Gasteiger partial charge in [0.1, 0.15) is 0 Å². The summed E-state index contributed by atoms with van der Waals surface area (Å²) in [5.74, 6) is 0.445. The van der Waals surface area contributed by atoms with Gasteiger partial charge >= 0.3 is 0 Å². The molecule has 6 heteroatoms. The minimum atomic E-state index is -0.166. The maximum atomic E-state index is 10.9. The highest BCUT2D eigenvalue weighted by atomic mass is 33.1. The summed E-state index contributed by atoms with van der Waals surface area (Å²) in [6, 6.07) is 0. The molecule has 0 aromatic rings. The van der Waals surface area contributed by atoms with Crippen LogP contribution in [0.2, 0.25) is 0 Å². The highest BCUT2D eigenvalue weighted by Gasteiger charge is 2.25. The fraction of sp³-hybridized carbons (Fsp3) is 0.500. The first-order valence-corrected chi connectivity index (χ1v) is 5.49. The molecule has 0 saturated carbocycles. The van der Waals surface area contributed by atoms with Crippen LogP contribution in [0.3, 0.4) is 0 Å².